The first-order valence-electron chi connectivity index (χ1n) is 6.27. The van der Waals surface area contributed by atoms with Gasteiger partial charge in [0.1, 0.15) is 0 Å². The van der Waals surface area contributed by atoms with Crippen LogP contribution in [0.25, 0.3) is 11.1 Å². The first-order chi connectivity index (χ1) is 8.97. The molecule has 2 aromatic heterocycles. The molecule has 0 atom stereocenters. The number of aryl methyl sites for hydroxylation is 2. The van der Waals surface area contributed by atoms with E-state index in [1.54, 1.807) is 10.9 Å². The molecule has 0 aliphatic heterocycles. The fourth-order valence-corrected chi connectivity index (χ4v) is 1.86. The minimum atomic E-state index is -0.819. The van der Waals surface area contributed by atoms with E-state index in [1.165, 1.54) is 0 Å². The molecule has 0 amide bonds. The average molecular weight is 262 g/mol. The Kier molecular flexibility index (Phi) is 3.69. The van der Waals surface area contributed by atoms with Crippen molar-refractivity contribution in [1.82, 2.24) is 19.6 Å². The summed E-state index contributed by atoms with van der Waals surface area (Å²) in [6, 6.07) is 0.314. The molecule has 0 aliphatic carbocycles. The van der Waals surface area contributed by atoms with E-state index in [0.717, 1.165) is 16.8 Å². The second kappa shape index (κ2) is 5.26. The van der Waals surface area contributed by atoms with Gasteiger partial charge in [0.2, 0.25) is 0 Å². The highest BCUT2D eigenvalue weighted by molar-refractivity contribution is 5.66. The molecule has 0 aliphatic rings. The van der Waals surface area contributed by atoms with Gasteiger partial charge in [-0.05, 0) is 20.8 Å². The molecule has 19 heavy (non-hydrogen) atoms. The summed E-state index contributed by atoms with van der Waals surface area (Å²) in [7, 11) is 0. The van der Waals surface area contributed by atoms with Gasteiger partial charge in [0.25, 0.3) is 0 Å². The third-order valence-corrected chi connectivity index (χ3v) is 2.94. The predicted octanol–water partition coefficient (Wildman–Crippen LogP) is 2.11. The highest BCUT2D eigenvalue weighted by Crippen LogP contribution is 2.23. The highest BCUT2D eigenvalue weighted by atomic mass is 16.4. The Hall–Kier alpha value is -2.11. The molecule has 0 spiro atoms. The van der Waals surface area contributed by atoms with Crippen molar-refractivity contribution in [3.05, 3.63) is 24.3 Å². The highest BCUT2D eigenvalue weighted by Gasteiger charge is 2.11. The smallest absolute Gasteiger partial charge is 0.305 e. The van der Waals surface area contributed by atoms with Crippen LogP contribution in [0.5, 0.6) is 0 Å². The molecule has 6 nitrogen and oxygen atoms in total. The van der Waals surface area contributed by atoms with Crippen LogP contribution in [-0.2, 0) is 11.3 Å². The topological polar surface area (TPSA) is 72.9 Å². The lowest BCUT2D eigenvalue weighted by atomic mass is 10.1. The number of hydrogen-bond acceptors (Lipinski definition) is 3. The lowest BCUT2D eigenvalue weighted by Crippen LogP contribution is -2.04. The number of carboxylic acids is 1. The van der Waals surface area contributed by atoms with E-state index in [0.29, 0.717) is 12.6 Å². The van der Waals surface area contributed by atoms with E-state index < -0.39 is 5.97 Å². The second-order valence-electron chi connectivity index (χ2n) is 4.84. The van der Waals surface area contributed by atoms with E-state index in [4.69, 9.17) is 5.11 Å². The molecule has 2 aromatic rings. The van der Waals surface area contributed by atoms with Crippen molar-refractivity contribution in [1.29, 1.82) is 0 Å². The molecular formula is C13H18N4O2. The van der Waals surface area contributed by atoms with Crippen LogP contribution < -0.4 is 0 Å². The van der Waals surface area contributed by atoms with Crippen LogP contribution in [0.15, 0.2) is 18.6 Å². The van der Waals surface area contributed by atoms with Gasteiger partial charge < -0.3 is 5.11 Å². The summed E-state index contributed by atoms with van der Waals surface area (Å²) in [6.07, 6.45) is 5.68. The molecule has 6 heteroatoms. The van der Waals surface area contributed by atoms with Crippen LogP contribution in [-0.4, -0.2) is 30.6 Å². The second-order valence-corrected chi connectivity index (χ2v) is 4.84. The average Bonchev–Trinajstić information content (AvgIpc) is 2.92. The summed E-state index contributed by atoms with van der Waals surface area (Å²) >= 11 is 0. The Morgan fingerprint density at radius 1 is 1.42 bits per heavy atom. The van der Waals surface area contributed by atoms with Gasteiger partial charge in [0, 0.05) is 29.6 Å². The summed E-state index contributed by atoms with van der Waals surface area (Å²) in [5, 5.41) is 17.3. The van der Waals surface area contributed by atoms with Gasteiger partial charge in [-0.15, -0.1) is 0 Å². The SMILES string of the molecule is Cc1nn(C(C)C)cc1-c1cnn(CCC(=O)O)c1. The molecule has 0 aromatic carbocycles. The Morgan fingerprint density at radius 3 is 2.74 bits per heavy atom. The zero-order valence-electron chi connectivity index (χ0n) is 11.4. The minimum Gasteiger partial charge on any atom is -0.481 e. The zero-order valence-corrected chi connectivity index (χ0v) is 11.4. The zero-order chi connectivity index (χ0) is 14.0. The van der Waals surface area contributed by atoms with Crippen LogP contribution in [0.1, 0.15) is 32.0 Å². The quantitative estimate of drug-likeness (QED) is 0.895. The molecule has 0 radical (unpaired) electrons. The van der Waals surface area contributed by atoms with E-state index >= 15 is 0 Å². The minimum absolute atomic E-state index is 0.0748. The number of rotatable bonds is 5. The Balaban J connectivity index is 2.20. The lowest BCUT2D eigenvalue weighted by molar-refractivity contribution is -0.137. The molecular weight excluding hydrogens is 244 g/mol. The molecule has 2 heterocycles. The molecule has 2 rings (SSSR count). The number of carbonyl (C=O) groups is 1. The van der Waals surface area contributed by atoms with Gasteiger partial charge in [-0.25, -0.2) is 0 Å². The maximum Gasteiger partial charge on any atom is 0.305 e. The normalized spacial score (nSPS) is 11.2. The van der Waals surface area contributed by atoms with Gasteiger partial charge in [0.15, 0.2) is 0 Å². The Labute approximate surface area is 111 Å². The lowest BCUT2D eigenvalue weighted by Gasteiger charge is -2.02. The van der Waals surface area contributed by atoms with Gasteiger partial charge in [0.05, 0.1) is 24.9 Å². The first-order valence-corrected chi connectivity index (χ1v) is 6.27. The van der Waals surface area contributed by atoms with Crippen molar-refractivity contribution in [3.8, 4) is 11.1 Å². The molecule has 102 valence electrons. The van der Waals surface area contributed by atoms with E-state index in [9.17, 15) is 4.79 Å². The van der Waals surface area contributed by atoms with Crippen molar-refractivity contribution < 1.29 is 9.90 Å². The van der Waals surface area contributed by atoms with E-state index in [2.05, 4.69) is 24.0 Å². The van der Waals surface area contributed by atoms with Crippen molar-refractivity contribution in [3.63, 3.8) is 0 Å². The van der Waals surface area contributed by atoms with Gasteiger partial charge in [-0.1, -0.05) is 0 Å². The maximum atomic E-state index is 10.5. The van der Waals surface area contributed by atoms with Crippen LogP contribution in [0.4, 0.5) is 0 Å². The predicted molar refractivity (Wildman–Crippen MR) is 70.8 cm³/mol. The molecule has 1 N–H and O–H groups in total. The number of aromatic nitrogens is 4. The first kappa shape index (κ1) is 13.3. The maximum absolute atomic E-state index is 10.5. The number of carboxylic acid groups (broad SMARTS) is 1. The third-order valence-electron chi connectivity index (χ3n) is 2.94. The van der Waals surface area contributed by atoms with E-state index in [1.807, 2.05) is 24.0 Å². The number of nitrogens with zero attached hydrogens (tertiary/aromatic N) is 4. The van der Waals surface area contributed by atoms with Crippen molar-refractivity contribution in [2.24, 2.45) is 0 Å². The molecule has 0 fully saturated rings. The van der Waals surface area contributed by atoms with Crippen molar-refractivity contribution >= 4 is 5.97 Å². The number of hydrogen-bond donors (Lipinski definition) is 1. The molecule has 0 bridgehead atoms. The monoisotopic (exact) mass is 262 g/mol. The Bertz CT molecular complexity index is 583. The number of aliphatic carboxylic acids is 1. The summed E-state index contributed by atoms with van der Waals surface area (Å²) in [4.78, 5) is 10.5. The van der Waals surface area contributed by atoms with Gasteiger partial charge in [-0.2, -0.15) is 10.2 Å². The summed E-state index contributed by atoms with van der Waals surface area (Å²) in [5.41, 5.74) is 2.96. The van der Waals surface area contributed by atoms with Crippen molar-refractivity contribution in [2.75, 3.05) is 0 Å². The summed E-state index contributed by atoms with van der Waals surface area (Å²) < 4.78 is 3.56. The summed E-state index contributed by atoms with van der Waals surface area (Å²) in [5.74, 6) is -0.819. The van der Waals surface area contributed by atoms with Gasteiger partial charge in [-0.3, -0.25) is 14.2 Å². The Morgan fingerprint density at radius 2 is 2.16 bits per heavy atom. The third kappa shape index (κ3) is 3.01. The summed E-state index contributed by atoms with van der Waals surface area (Å²) in [6.45, 7) is 6.49. The largest absolute Gasteiger partial charge is 0.481 e. The van der Waals surface area contributed by atoms with Crippen LogP contribution >= 0.6 is 0 Å². The van der Waals surface area contributed by atoms with Gasteiger partial charge >= 0.3 is 5.97 Å². The molecule has 0 unspecified atom stereocenters. The van der Waals surface area contributed by atoms with Crippen LogP contribution in [0, 0.1) is 6.92 Å². The standard InChI is InChI=1S/C13H18N4O2/c1-9(2)17-8-12(10(3)15-17)11-6-14-16(7-11)5-4-13(18)19/h6-9H,4-5H2,1-3H3,(H,18,19). The van der Waals surface area contributed by atoms with Crippen molar-refractivity contribution in [2.45, 2.75) is 39.8 Å². The molecule has 0 saturated carbocycles. The fourth-order valence-electron chi connectivity index (χ4n) is 1.86. The van der Waals surface area contributed by atoms with Crippen LogP contribution in [0.2, 0.25) is 0 Å². The van der Waals surface area contributed by atoms with Crippen LogP contribution in [0.3, 0.4) is 0 Å². The fraction of sp³-hybridized carbons (Fsp3) is 0.462. The van der Waals surface area contributed by atoms with E-state index in [-0.39, 0.29) is 6.42 Å². The molecule has 0 saturated heterocycles.